The Balaban J connectivity index is 2.53. The highest BCUT2D eigenvalue weighted by molar-refractivity contribution is 5.90. The summed E-state index contributed by atoms with van der Waals surface area (Å²) in [6.45, 7) is 0.523. The maximum atomic E-state index is 11.8. The molecule has 0 saturated heterocycles. The molecule has 1 heterocycles. The van der Waals surface area contributed by atoms with Crippen LogP contribution >= 0.6 is 0 Å². The number of nitrogens with one attached hydrogen (secondary N) is 2. The van der Waals surface area contributed by atoms with Gasteiger partial charge >= 0.3 is 6.18 Å². The van der Waals surface area contributed by atoms with Gasteiger partial charge in [0.25, 0.3) is 5.91 Å². The number of hydrogen-bond acceptors (Lipinski definition) is 3. The van der Waals surface area contributed by atoms with Crippen LogP contribution in [0.1, 0.15) is 29.8 Å². The fraction of sp³-hybridized carbons (Fsp3) is 0.625. The highest BCUT2D eigenvalue weighted by Crippen LogP contribution is 2.12. The summed E-state index contributed by atoms with van der Waals surface area (Å²) >= 11 is 0. The molecule has 0 atom stereocenters. The number of amides is 1. The molecule has 1 aromatic rings. The topological polar surface area (TPSA) is 70.7 Å². The number of H-pyrrole nitrogens is 1. The Morgan fingerprint density at radius 3 is 2.75 bits per heavy atom. The minimum Gasteiger partial charge on any atom is -0.340 e. The maximum absolute atomic E-state index is 11.8. The molecule has 1 aromatic heterocycles. The Labute approximate surface area is 89.4 Å². The summed E-state index contributed by atoms with van der Waals surface area (Å²) in [6, 6.07) is 0. The summed E-state index contributed by atoms with van der Waals surface area (Å²) < 4.78 is 35.4. The van der Waals surface area contributed by atoms with E-state index in [9.17, 15) is 18.0 Å². The van der Waals surface area contributed by atoms with E-state index >= 15 is 0 Å². The van der Waals surface area contributed by atoms with E-state index < -0.39 is 18.6 Å². The minimum atomic E-state index is -4.43. The van der Waals surface area contributed by atoms with E-state index in [1.165, 1.54) is 0 Å². The van der Waals surface area contributed by atoms with Crippen molar-refractivity contribution in [3.63, 3.8) is 0 Å². The Bertz CT molecular complexity index is 360. The summed E-state index contributed by atoms with van der Waals surface area (Å²) in [5.41, 5.74) is 0. The van der Waals surface area contributed by atoms with Crippen molar-refractivity contribution >= 4 is 5.91 Å². The number of aromatic nitrogens is 3. The average Bonchev–Trinajstić information content (AvgIpc) is 2.62. The summed E-state index contributed by atoms with van der Waals surface area (Å²) in [5.74, 6) is -0.719. The van der Waals surface area contributed by atoms with Crippen molar-refractivity contribution in [2.75, 3.05) is 6.54 Å². The lowest BCUT2D eigenvalue weighted by Crippen LogP contribution is -2.34. The molecular formula is C8H11F3N4O. The van der Waals surface area contributed by atoms with Crippen LogP contribution in [0.25, 0.3) is 0 Å². The first kappa shape index (κ1) is 12.5. The Hall–Kier alpha value is -1.60. The number of nitrogens with zero attached hydrogens (tertiary/aromatic N) is 2. The molecule has 1 rings (SSSR count). The second kappa shape index (κ2) is 4.95. The van der Waals surface area contributed by atoms with E-state index in [-0.39, 0.29) is 5.82 Å². The van der Waals surface area contributed by atoms with E-state index in [2.05, 4.69) is 15.2 Å². The summed E-state index contributed by atoms with van der Waals surface area (Å²) in [6.07, 6.45) is -3.03. The molecule has 2 N–H and O–H groups in total. The van der Waals surface area contributed by atoms with Crippen LogP contribution in [0, 0.1) is 0 Å². The van der Waals surface area contributed by atoms with Gasteiger partial charge in [-0.05, 0) is 6.42 Å². The zero-order chi connectivity index (χ0) is 12.2. The van der Waals surface area contributed by atoms with E-state index in [1.54, 1.807) is 5.32 Å². The van der Waals surface area contributed by atoms with Crippen LogP contribution in [-0.4, -0.2) is 33.8 Å². The van der Waals surface area contributed by atoms with Gasteiger partial charge in [0.1, 0.15) is 12.4 Å². The normalized spacial score (nSPS) is 11.5. The van der Waals surface area contributed by atoms with Crippen LogP contribution < -0.4 is 5.32 Å². The third-order valence-corrected chi connectivity index (χ3v) is 1.67. The molecule has 0 radical (unpaired) electrons. The van der Waals surface area contributed by atoms with Crippen LogP contribution in [0.4, 0.5) is 13.2 Å². The lowest BCUT2D eigenvalue weighted by atomic mass is 10.3. The number of hydrogen-bond donors (Lipinski definition) is 2. The number of carbonyl (C=O) groups excluding carboxylic acids is 1. The highest BCUT2D eigenvalue weighted by Gasteiger charge is 2.28. The first-order chi connectivity index (χ1) is 7.42. The van der Waals surface area contributed by atoms with Crippen LogP contribution in [0.3, 0.4) is 0 Å². The molecule has 0 aliphatic carbocycles. The molecule has 0 aliphatic rings. The standard InChI is InChI=1S/C8H11F3N4O/c1-2-3-5-13-6(15-14-5)7(16)12-4-8(9,10)11/h2-4H2,1H3,(H,12,16)(H,13,14,15). The zero-order valence-corrected chi connectivity index (χ0v) is 8.56. The highest BCUT2D eigenvalue weighted by atomic mass is 19.4. The number of rotatable bonds is 4. The lowest BCUT2D eigenvalue weighted by molar-refractivity contribution is -0.123. The van der Waals surface area contributed by atoms with Gasteiger partial charge in [0.15, 0.2) is 0 Å². The van der Waals surface area contributed by atoms with Gasteiger partial charge in [-0.25, -0.2) is 4.98 Å². The van der Waals surface area contributed by atoms with Crippen LogP contribution in [0.2, 0.25) is 0 Å². The Morgan fingerprint density at radius 1 is 1.50 bits per heavy atom. The zero-order valence-electron chi connectivity index (χ0n) is 8.56. The van der Waals surface area contributed by atoms with Crippen molar-refractivity contribution in [1.82, 2.24) is 20.5 Å². The van der Waals surface area contributed by atoms with Gasteiger partial charge in [0, 0.05) is 6.42 Å². The molecule has 0 fully saturated rings. The SMILES string of the molecule is CCCc1nc(C(=O)NCC(F)(F)F)n[nH]1. The Kier molecular flexibility index (Phi) is 3.86. The van der Waals surface area contributed by atoms with Crippen molar-refractivity contribution in [3.05, 3.63) is 11.6 Å². The largest absolute Gasteiger partial charge is 0.405 e. The van der Waals surface area contributed by atoms with Gasteiger partial charge in [-0.15, -0.1) is 5.10 Å². The van der Waals surface area contributed by atoms with Crippen LogP contribution in [0.15, 0.2) is 0 Å². The van der Waals surface area contributed by atoms with Crippen molar-refractivity contribution in [1.29, 1.82) is 0 Å². The first-order valence-electron chi connectivity index (χ1n) is 4.68. The fourth-order valence-electron chi connectivity index (χ4n) is 1.01. The molecule has 1 amide bonds. The molecule has 16 heavy (non-hydrogen) atoms. The van der Waals surface area contributed by atoms with Gasteiger partial charge in [0.2, 0.25) is 5.82 Å². The fourth-order valence-corrected chi connectivity index (χ4v) is 1.01. The molecular weight excluding hydrogens is 225 g/mol. The quantitative estimate of drug-likeness (QED) is 0.820. The molecule has 0 aliphatic heterocycles. The van der Waals surface area contributed by atoms with Crippen molar-refractivity contribution in [3.8, 4) is 0 Å². The smallest absolute Gasteiger partial charge is 0.340 e. The maximum Gasteiger partial charge on any atom is 0.405 e. The van der Waals surface area contributed by atoms with Crippen molar-refractivity contribution < 1.29 is 18.0 Å². The molecule has 0 bridgehead atoms. The second-order valence-electron chi connectivity index (χ2n) is 3.15. The van der Waals surface area contributed by atoms with Gasteiger partial charge < -0.3 is 5.32 Å². The summed E-state index contributed by atoms with van der Waals surface area (Å²) in [7, 11) is 0. The van der Waals surface area contributed by atoms with E-state index in [0.29, 0.717) is 12.2 Å². The van der Waals surface area contributed by atoms with E-state index in [4.69, 9.17) is 0 Å². The lowest BCUT2D eigenvalue weighted by Gasteiger charge is -2.05. The molecule has 0 saturated carbocycles. The van der Waals surface area contributed by atoms with Gasteiger partial charge in [-0.1, -0.05) is 6.92 Å². The predicted octanol–water partition coefficient (Wildman–Crippen LogP) is 1.05. The molecule has 0 unspecified atom stereocenters. The number of aromatic amines is 1. The van der Waals surface area contributed by atoms with E-state index in [0.717, 1.165) is 6.42 Å². The van der Waals surface area contributed by atoms with E-state index in [1.807, 2.05) is 6.92 Å². The first-order valence-corrected chi connectivity index (χ1v) is 4.68. The van der Waals surface area contributed by atoms with Crippen molar-refractivity contribution in [2.45, 2.75) is 25.9 Å². The van der Waals surface area contributed by atoms with Gasteiger partial charge in [-0.2, -0.15) is 13.2 Å². The number of carbonyl (C=O) groups is 1. The molecule has 8 heteroatoms. The number of halogens is 3. The van der Waals surface area contributed by atoms with Crippen LogP contribution in [-0.2, 0) is 6.42 Å². The third-order valence-electron chi connectivity index (χ3n) is 1.67. The summed E-state index contributed by atoms with van der Waals surface area (Å²) in [4.78, 5) is 14.9. The minimum absolute atomic E-state index is 0.271. The van der Waals surface area contributed by atoms with Gasteiger partial charge in [0.05, 0.1) is 0 Å². The average molecular weight is 236 g/mol. The number of aryl methyl sites for hydroxylation is 1. The van der Waals surface area contributed by atoms with Gasteiger partial charge in [-0.3, -0.25) is 9.89 Å². The third kappa shape index (κ3) is 3.87. The molecule has 0 spiro atoms. The summed E-state index contributed by atoms with van der Waals surface area (Å²) in [5, 5.41) is 7.69. The van der Waals surface area contributed by atoms with Crippen LogP contribution in [0.5, 0.6) is 0 Å². The predicted molar refractivity (Wildman–Crippen MR) is 48.8 cm³/mol. The molecule has 90 valence electrons. The Morgan fingerprint density at radius 2 is 2.19 bits per heavy atom. The monoisotopic (exact) mass is 236 g/mol. The molecule has 0 aromatic carbocycles. The van der Waals surface area contributed by atoms with Crippen molar-refractivity contribution in [2.24, 2.45) is 0 Å². The number of alkyl halides is 3. The molecule has 5 nitrogen and oxygen atoms in total. The second-order valence-corrected chi connectivity index (χ2v) is 3.15.